The summed E-state index contributed by atoms with van der Waals surface area (Å²) in [7, 11) is 1.68. The first-order chi connectivity index (χ1) is 17.1. The quantitative estimate of drug-likeness (QED) is 0.515. The number of ether oxygens (including phenoxy) is 2. The number of piperidine rings is 1. The lowest BCUT2D eigenvalue weighted by molar-refractivity contribution is -0.137. The zero-order valence-electron chi connectivity index (χ0n) is 20.4. The number of hydrogen-bond donors (Lipinski definition) is 0. The van der Waals surface area contributed by atoms with E-state index in [4.69, 9.17) is 9.47 Å². The molecule has 188 valence electrons. The number of methoxy groups -OCH3 is 1. The van der Waals surface area contributed by atoms with Crippen molar-refractivity contribution in [1.82, 2.24) is 14.9 Å². The number of carbonyl (C=O) groups is 1. The van der Waals surface area contributed by atoms with E-state index >= 15 is 0 Å². The first-order valence-electron chi connectivity index (χ1n) is 12.8. The van der Waals surface area contributed by atoms with Gasteiger partial charge in [-0.25, -0.2) is 14.4 Å². The van der Waals surface area contributed by atoms with Gasteiger partial charge < -0.3 is 19.3 Å². The highest BCUT2D eigenvalue weighted by Gasteiger charge is 2.43. The van der Waals surface area contributed by atoms with E-state index in [1.165, 1.54) is 19.3 Å². The zero-order valence-corrected chi connectivity index (χ0v) is 20.4. The first kappa shape index (κ1) is 24.0. The van der Waals surface area contributed by atoms with Crippen LogP contribution in [0.5, 0.6) is 5.75 Å². The maximum absolute atomic E-state index is 12.9. The van der Waals surface area contributed by atoms with Gasteiger partial charge in [0.1, 0.15) is 11.9 Å². The predicted molar refractivity (Wildman–Crippen MR) is 131 cm³/mol. The maximum Gasteiger partial charge on any atom is 0.227 e. The van der Waals surface area contributed by atoms with Gasteiger partial charge in [-0.15, -0.1) is 0 Å². The summed E-state index contributed by atoms with van der Waals surface area (Å²) in [6.45, 7) is 3.79. The van der Waals surface area contributed by atoms with Crippen LogP contribution in [0.1, 0.15) is 36.8 Å². The Morgan fingerprint density at radius 1 is 1.09 bits per heavy atom. The Kier molecular flexibility index (Phi) is 7.46. The van der Waals surface area contributed by atoms with Crippen LogP contribution < -0.4 is 9.64 Å². The molecule has 35 heavy (non-hydrogen) atoms. The lowest BCUT2D eigenvalue weighted by Gasteiger charge is -2.34. The Balaban J connectivity index is 0.983. The molecule has 3 fully saturated rings. The van der Waals surface area contributed by atoms with Gasteiger partial charge in [0.15, 0.2) is 0 Å². The topological polar surface area (TPSA) is 67.8 Å². The Morgan fingerprint density at radius 2 is 1.80 bits per heavy atom. The predicted octanol–water partition coefficient (Wildman–Crippen LogP) is 3.67. The normalized spacial score (nSPS) is 22.7. The summed E-state index contributed by atoms with van der Waals surface area (Å²) in [5, 5.41) is 0. The molecule has 7 nitrogen and oxygen atoms in total. The number of amides is 1. The number of anilines is 1. The van der Waals surface area contributed by atoms with Gasteiger partial charge >= 0.3 is 0 Å². The second kappa shape index (κ2) is 10.9. The minimum absolute atomic E-state index is 0.00862. The van der Waals surface area contributed by atoms with Crippen molar-refractivity contribution in [2.45, 2.75) is 44.9 Å². The molecular formula is C27H35FN4O3. The fourth-order valence-corrected chi connectivity index (χ4v) is 5.41. The lowest BCUT2D eigenvalue weighted by atomic mass is 9.90. The number of nitrogens with zero attached hydrogens (tertiary/aromatic N) is 4. The number of carbonyl (C=O) groups excluding carboxylic acids is 1. The number of aromatic nitrogens is 2. The molecule has 2 aromatic rings. The van der Waals surface area contributed by atoms with Crippen LogP contribution in [0.25, 0.3) is 0 Å². The number of alkyl halides is 1. The van der Waals surface area contributed by atoms with Gasteiger partial charge in [-0.1, -0.05) is 12.1 Å². The third kappa shape index (κ3) is 6.10. The SMILES string of the molecule is COCc1cnc(N2CCC(C3CC3CCOc3ccc(CC(=O)N4CC(F)C4)cc3)CC2)nc1. The van der Waals surface area contributed by atoms with Crippen molar-refractivity contribution >= 4 is 11.9 Å². The number of benzene rings is 1. The van der Waals surface area contributed by atoms with Gasteiger partial charge in [-0.2, -0.15) is 0 Å². The van der Waals surface area contributed by atoms with E-state index in [1.807, 2.05) is 36.7 Å². The van der Waals surface area contributed by atoms with E-state index < -0.39 is 6.17 Å². The maximum atomic E-state index is 12.9. The molecule has 1 aromatic carbocycles. The number of rotatable bonds is 10. The fourth-order valence-electron chi connectivity index (χ4n) is 5.41. The van der Waals surface area contributed by atoms with Crippen LogP contribution >= 0.6 is 0 Å². The summed E-state index contributed by atoms with van der Waals surface area (Å²) in [6.07, 6.45) is 7.99. The van der Waals surface area contributed by atoms with E-state index in [0.717, 1.165) is 66.7 Å². The van der Waals surface area contributed by atoms with Crippen molar-refractivity contribution in [2.24, 2.45) is 17.8 Å². The van der Waals surface area contributed by atoms with Crippen LogP contribution in [0, 0.1) is 17.8 Å². The Bertz CT molecular complexity index is 973. The molecule has 2 atom stereocenters. The average Bonchev–Trinajstić information content (AvgIpc) is 3.63. The molecule has 2 unspecified atom stereocenters. The number of halogens is 1. The average molecular weight is 483 g/mol. The van der Waals surface area contributed by atoms with Gasteiger partial charge in [-0.05, 0) is 61.1 Å². The van der Waals surface area contributed by atoms with Crippen LogP contribution in [0.15, 0.2) is 36.7 Å². The summed E-state index contributed by atoms with van der Waals surface area (Å²) < 4.78 is 24.0. The lowest BCUT2D eigenvalue weighted by Crippen LogP contribution is -2.51. The number of hydrogen-bond acceptors (Lipinski definition) is 6. The third-order valence-corrected chi connectivity index (χ3v) is 7.63. The monoisotopic (exact) mass is 482 g/mol. The molecule has 1 aromatic heterocycles. The Labute approximate surface area is 206 Å². The smallest absolute Gasteiger partial charge is 0.227 e. The van der Waals surface area contributed by atoms with Gasteiger partial charge in [0.05, 0.1) is 32.7 Å². The molecule has 2 aliphatic heterocycles. The molecule has 1 amide bonds. The zero-order chi connectivity index (χ0) is 24.2. The van der Waals surface area contributed by atoms with Crippen LogP contribution in [-0.2, 0) is 22.6 Å². The van der Waals surface area contributed by atoms with Gasteiger partial charge in [0.25, 0.3) is 0 Å². The van der Waals surface area contributed by atoms with Gasteiger partial charge in [0, 0.05) is 38.2 Å². The van der Waals surface area contributed by atoms with Crippen LogP contribution in [-0.4, -0.2) is 66.8 Å². The highest BCUT2D eigenvalue weighted by atomic mass is 19.1. The van der Waals surface area contributed by atoms with E-state index in [9.17, 15) is 9.18 Å². The molecule has 2 saturated heterocycles. The molecule has 0 radical (unpaired) electrons. The highest BCUT2D eigenvalue weighted by Crippen LogP contribution is 2.49. The second-order valence-corrected chi connectivity index (χ2v) is 10.2. The molecule has 3 aliphatic rings. The summed E-state index contributed by atoms with van der Waals surface area (Å²) in [5.41, 5.74) is 1.94. The Morgan fingerprint density at radius 3 is 2.46 bits per heavy atom. The van der Waals surface area contributed by atoms with Crippen LogP contribution in [0.3, 0.4) is 0 Å². The largest absolute Gasteiger partial charge is 0.494 e. The first-order valence-corrected chi connectivity index (χ1v) is 12.8. The fraction of sp³-hybridized carbons (Fsp3) is 0.593. The van der Waals surface area contributed by atoms with Crippen LogP contribution in [0.2, 0.25) is 0 Å². The molecular weight excluding hydrogens is 447 g/mol. The van der Waals surface area contributed by atoms with Crippen molar-refractivity contribution in [3.63, 3.8) is 0 Å². The molecule has 0 N–H and O–H groups in total. The molecule has 0 spiro atoms. The van der Waals surface area contributed by atoms with Crippen LogP contribution in [0.4, 0.5) is 10.3 Å². The van der Waals surface area contributed by atoms with E-state index in [-0.39, 0.29) is 19.0 Å². The Hall–Kier alpha value is -2.74. The molecule has 1 saturated carbocycles. The van der Waals surface area contributed by atoms with E-state index in [1.54, 1.807) is 12.0 Å². The minimum atomic E-state index is -0.854. The highest BCUT2D eigenvalue weighted by molar-refractivity contribution is 5.79. The molecule has 8 heteroatoms. The van der Waals surface area contributed by atoms with Crippen molar-refractivity contribution in [3.05, 3.63) is 47.8 Å². The minimum Gasteiger partial charge on any atom is -0.494 e. The van der Waals surface area contributed by atoms with Crippen molar-refractivity contribution in [1.29, 1.82) is 0 Å². The second-order valence-electron chi connectivity index (χ2n) is 10.2. The summed E-state index contributed by atoms with van der Waals surface area (Å²) >= 11 is 0. The van der Waals surface area contributed by atoms with Gasteiger partial charge in [-0.3, -0.25) is 4.79 Å². The summed E-state index contributed by atoms with van der Waals surface area (Å²) in [5.74, 6) is 4.04. The van der Waals surface area contributed by atoms with E-state index in [0.29, 0.717) is 13.0 Å². The van der Waals surface area contributed by atoms with E-state index in [2.05, 4.69) is 14.9 Å². The summed E-state index contributed by atoms with van der Waals surface area (Å²) in [4.78, 5) is 25.0. The number of likely N-dealkylation sites (tertiary alicyclic amines) is 1. The molecule has 0 bridgehead atoms. The molecule has 1 aliphatic carbocycles. The molecule has 3 heterocycles. The van der Waals surface area contributed by atoms with Crippen molar-refractivity contribution in [2.75, 3.05) is 44.8 Å². The third-order valence-electron chi connectivity index (χ3n) is 7.63. The standard InChI is InChI=1S/C27H35FN4O3/c1-34-18-20-14-29-27(30-15-20)31-9-6-21(7-10-31)25-13-22(25)8-11-35-24-4-2-19(3-5-24)12-26(33)32-16-23(28)17-32/h2-5,14-15,21-23,25H,6-13,16-18H2,1H3. The van der Waals surface area contributed by atoms with Gasteiger partial charge in [0.2, 0.25) is 11.9 Å². The van der Waals surface area contributed by atoms with Crippen molar-refractivity contribution < 1.29 is 18.7 Å². The van der Waals surface area contributed by atoms with Crippen molar-refractivity contribution in [3.8, 4) is 5.75 Å². The molecule has 5 rings (SSSR count). The summed E-state index contributed by atoms with van der Waals surface area (Å²) in [6, 6.07) is 7.73.